The molecule has 0 aliphatic heterocycles. The zero-order valence-electron chi connectivity index (χ0n) is 31.9. The third-order valence-electron chi connectivity index (χ3n) is 10.1. The number of halogens is 1. The van der Waals surface area contributed by atoms with Crippen LogP contribution in [0.1, 0.15) is 241 Å². The summed E-state index contributed by atoms with van der Waals surface area (Å²) in [4.78, 5) is 0. The first-order chi connectivity index (χ1) is 21.1. The average Bonchev–Trinajstić information content (AvgIpc) is 2.96. The summed E-state index contributed by atoms with van der Waals surface area (Å²) in [6.45, 7) is 13.3. The van der Waals surface area contributed by atoms with Crippen molar-refractivity contribution in [2.75, 3.05) is 0 Å². The van der Waals surface area contributed by atoms with Gasteiger partial charge in [0.05, 0.1) is 0 Å². The zero-order valence-corrected chi connectivity index (χ0v) is 33.5. The van der Waals surface area contributed by atoms with Crippen molar-refractivity contribution in [3.05, 3.63) is 0 Å². The van der Waals surface area contributed by atoms with E-state index in [9.17, 15) is 10.2 Å². The summed E-state index contributed by atoms with van der Waals surface area (Å²) in [6.07, 6.45) is 40.3. The molecule has 0 aromatic carbocycles. The number of unbranched alkanes of at least 4 members (excludes halogenated alkanes) is 26. The Morgan fingerprint density at radius 3 is 1.09 bits per heavy atom. The first-order valence-electron chi connectivity index (χ1n) is 20.4. The van der Waals surface area contributed by atoms with Crippen molar-refractivity contribution in [2.24, 2.45) is 11.3 Å². The molecule has 4 N–H and O–H groups in total. The second-order valence-electron chi connectivity index (χ2n) is 16.1. The monoisotopic (exact) mass is 704 g/mol. The molecule has 0 spiro atoms. The third-order valence-corrected chi connectivity index (χ3v) is 10.1. The van der Waals surface area contributed by atoms with Gasteiger partial charge in [-0.3, -0.25) is 5.32 Å². The van der Waals surface area contributed by atoms with E-state index in [1.54, 1.807) is 0 Å². The summed E-state index contributed by atoms with van der Waals surface area (Å²) in [5.74, 6) is 0.205. The van der Waals surface area contributed by atoms with Crippen LogP contribution in [0.2, 0.25) is 0 Å². The molecule has 3 nitrogen and oxygen atoms in total. The minimum absolute atomic E-state index is 0. The Hall–Kier alpha value is 0.360. The Kier molecular flexibility index (Phi) is 34.7. The average molecular weight is 705 g/mol. The number of quaternary nitrogens is 1. The molecule has 0 bridgehead atoms. The van der Waals surface area contributed by atoms with Gasteiger partial charge in [0.1, 0.15) is 0 Å². The van der Waals surface area contributed by atoms with E-state index in [0.717, 1.165) is 19.3 Å². The van der Waals surface area contributed by atoms with Crippen LogP contribution in [0.15, 0.2) is 0 Å². The second-order valence-corrected chi connectivity index (χ2v) is 16.1. The molecule has 0 aromatic heterocycles. The molecule has 0 aliphatic rings. The molecule has 0 rings (SSSR count). The van der Waals surface area contributed by atoms with Crippen molar-refractivity contribution in [3.8, 4) is 0 Å². The molecule has 0 aliphatic carbocycles. The lowest BCUT2D eigenvalue weighted by Gasteiger charge is -2.35. The maximum atomic E-state index is 11.8. The Morgan fingerprint density at radius 2 is 0.778 bits per heavy atom. The van der Waals surface area contributed by atoms with Gasteiger partial charge in [0.2, 0.25) is 5.72 Å². The van der Waals surface area contributed by atoms with E-state index >= 15 is 0 Å². The summed E-state index contributed by atoms with van der Waals surface area (Å²) in [5.41, 5.74) is -0.790. The molecule has 0 radical (unpaired) electrons. The van der Waals surface area contributed by atoms with Crippen LogP contribution in [0.25, 0.3) is 0 Å². The highest BCUT2D eigenvalue weighted by Crippen LogP contribution is 2.26. The number of hydrogen-bond donors (Lipinski definition) is 3. The number of aliphatic hydroxyl groups is 2. The number of nitrogens with two attached hydrogens (primary N) is 1. The molecular weight excluding hydrogens is 618 g/mol. The van der Waals surface area contributed by atoms with Crippen molar-refractivity contribution in [1.29, 1.82) is 0 Å². The molecule has 0 aromatic rings. The SMILES string of the molecule is CCCCCCCCCCCCCCCCC(C)C(O)(CCCCCCCCCCCCCCCC)[NH2+]C(O)CC(C)(C)C.[Br-]. The van der Waals surface area contributed by atoms with Crippen LogP contribution in [-0.4, -0.2) is 22.2 Å². The van der Waals surface area contributed by atoms with Crippen molar-refractivity contribution in [2.45, 2.75) is 253 Å². The van der Waals surface area contributed by atoms with Crippen molar-refractivity contribution >= 4 is 0 Å². The minimum atomic E-state index is -0.849. The first kappa shape index (κ1) is 47.5. The quantitative estimate of drug-likeness (QED) is 0.0462. The van der Waals surface area contributed by atoms with E-state index in [1.165, 1.54) is 173 Å². The van der Waals surface area contributed by atoms with Gasteiger partial charge in [0.25, 0.3) is 0 Å². The third kappa shape index (κ3) is 32.7. The normalized spacial score (nSPS) is 14.7. The molecule has 274 valence electrons. The van der Waals surface area contributed by atoms with E-state index in [-0.39, 0.29) is 28.3 Å². The zero-order chi connectivity index (χ0) is 32.8. The topological polar surface area (TPSA) is 57.1 Å². The van der Waals surface area contributed by atoms with E-state index < -0.39 is 12.0 Å². The molecule has 0 heterocycles. The van der Waals surface area contributed by atoms with Gasteiger partial charge < -0.3 is 27.2 Å². The number of rotatable bonds is 34. The summed E-state index contributed by atoms with van der Waals surface area (Å²) < 4.78 is 0. The van der Waals surface area contributed by atoms with Crippen molar-refractivity contribution in [1.82, 2.24) is 0 Å². The lowest BCUT2D eigenvalue weighted by molar-refractivity contribution is -0.828. The van der Waals surface area contributed by atoms with Gasteiger partial charge in [-0.05, 0) is 18.3 Å². The lowest BCUT2D eigenvalue weighted by atomic mass is 9.85. The molecule has 0 fully saturated rings. The molecule has 3 unspecified atom stereocenters. The van der Waals surface area contributed by atoms with Crippen molar-refractivity contribution < 1.29 is 32.5 Å². The van der Waals surface area contributed by atoms with Crippen LogP contribution in [0.5, 0.6) is 0 Å². The van der Waals surface area contributed by atoms with Crippen LogP contribution >= 0.6 is 0 Å². The van der Waals surface area contributed by atoms with Crippen LogP contribution in [-0.2, 0) is 0 Å². The molecule has 45 heavy (non-hydrogen) atoms. The van der Waals surface area contributed by atoms with E-state index in [0.29, 0.717) is 6.42 Å². The van der Waals surface area contributed by atoms with Gasteiger partial charge in [-0.15, -0.1) is 0 Å². The van der Waals surface area contributed by atoms with Gasteiger partial charge in [0.15, 0.2) is 6.23 Å². The Morgan fingerprint density at radius 1 is 0.489 bits per heavy atom. The highest BCUT2D eigenvalue weighted by atomic mass is 79.9. The predicted molar refractivity (Wildman–Crippen MR) is 196 cm³/mol. The first-order valence-corrected chi connectivity index (χ1v) is 20.4. The largest absolute Gasteiger partial charge is 1.00 e. The maximum Gasteiger partial charge on any atom is 0.202 e. The molecule has 4 heteroatoms. The van der Waals surface area contributed by atoms with Gasteiger partial charge in [0, 0.05) is 18.8 Å². The maximum absolute atomic E-state index is 11.8. The van der Waals surface area contributed by atoms with Crippen LogP contribution < -0.4 is 22.3 Å². The summed E-state index contributed by atoms with van der Waals surface area (Å²) in [7, 11) is 0. The Labute approximate surface area is 295 Å². The lowest BCUT2D eigenvalue weighted by Crippen LogP contribution is -3.03. The smallest absolute Gasteiger partial charge is 0.202 e. The fourth-order valence-corrected chi connectivity index (χ4v) is 7.01. The Bertz CT molecular complexity index is 580. The number of hydrogen-bond acceptors (Lipinski definition) is 2. The van der Waals surface area contributed by atoms with Gasteiger partial charge >= 0.3 is 0 Å². The molecular formula is C41H86BrNO2. The standard InChI is InChI=1S/C41H85NO2.BrH/c1-7-9-11-13-15-17-19-21-23-25-27-29-31-33-35-38(3)41(44,42-39(43)37-40(4,5)6)36-34-32-30-28-26-24-22-20-18-16-14-12-10-8-2;/h38-39,42-44H,7-37H2,1-6H3;1H. The van der Waals surface area contributed by atoms with Crippen molar-refractivity contribution in [3.63, 3.8) is 0 Å². The van der Waals surface area contributed by atoms with Gasteiger partial charge in [-0.1, -0.05) is 215 Å². The van der Waals surface area contributed by atoms with Crippen LogP contribution in [0, 0.1) is 11.3 Å². The predicted octanol–water partition coefficient (Wildman–Crippen LogP) is 9.38. The van der Waals surface area contributed by atoms with Crippen LogP contribution in [0.3, 0.4) is 0 Å². The second kappa shape index (κ2) is 32.9. The van der Waals surface area contributed by atoms with Crippen LogP contribution in [0.4, 0.5) is 0 Å². The summed E-state index contributed by atoms with van der Waals surface area (Å²) >= 11 is 0. The molecule has 0 saturated carbocycles. The Balaban J connectivity index is 0. The minimum Gasteiger partial charge on any atom is -1.00 e. The number of aliphatic hydroxyl groups excluding tert-OH is 1. The van der Waals surface area contributed by atoms with E-state index in [2.05, 4.69) is 41.5 Å². The summed E-state index contributed by atoms with van der Waals surface area (Å²) in [5, 5.41) is 24.6. The van der Waals surface area contributed by atoms with E-state index in [1.807, 2.05) is 5.32 Å². The molecule has 3 atom stereocenters. The summed E-state index contributed by atoms with van der Waals surface area (Å²) in [6, 6.07) is 0. The highest BCUT2D eigenvalue weighted by molar-refractivity contribution is 4.74. The molecule has 0 amide bonds. The molecule has 0 saturated heterocycles. The van der Waals surface area contributed by atoms with Gasteiger partial charge in [-0.25, -0.2) is 0 Å². The van der Waals surface area contributed by atoms with Gasteiger partial charge in [-0.2, -0.15) is 0 Å². The fourth-order valence-electron chi connectivity index (χ4n) is 7.01. The van der Waals surface area contributed by atoms with E-state index in [4.69, 9.17) is 0 Å². The fraction of sp³-hybridized carbons (Fsp3) is 1.00. The highest BCUT2D eigenvalue weighted by Gasteiger charge is 2.39.